The zero-order valence-electron chi connectivity index (χ0n) is 22.6. The summed E-state index contributed by atoms with van der Waals surface area (Å²) in [4.78, 5) is 33.0. The minimum atomic E-state index is 0.211. The van der Waals surface area contributed by atoms with Crippen molar-refractivity contribution in [3.63, 3.8) is 0 Å². The molecule has 0 unspecified atom stereocenters. The average molecular weight is 529 g/mol. The van der Waals surface area contributed by atoms with Gasteiger partial charge in [0.15, 0.2) is 4.96 Å². The molecule has 7 nitrogen and oxygen atoms in total. The van der Waals surface area contributed by atoms with Crippen LogP contribution in [0.5, 0.6) is 0 Å². The molecule has 4 heterocycles. The Morgan fingerprint density at radius 3 is 2.76 bits per heavy atom. The maximum atomic E-state index is 13.0. The van der Waals surface area contributed by atoms with Gasteiger partial charge in [-0.05, 0) is 80.5 Å². The number of piperidine rings is 1. The first-order valence-electron chi connectivity index (χ1n) is 13.6. The number of hydrogen-bond donors (Lipinski definition) is 0. The number of imidazole rings is 1. The van der Waals surface area contributed by atoms with E-state index in [0.717, 1.165) is 73.1 Å². The monoisotopic (exact) mass is 528 g/mol. The Morgan fingerprint density at radius 2 is 2.05 bits per heavy atom. The van der Waals surface area contributed by atoms with E-state index in [1.165, 1.54) is 22.4 Å². The van der Waals surface area contributed by atoms with Crippen LogP contribution in [0, 0.1) is 12.3 Å². The highest BCUT2D eigenvalue weighted by Gasteiger charge is 2.48. The maximum absolute atomic E-state index is 13.0. The largest absolute Gasteiger partial charge is 0.342 e. The number of aliphatic imine (C=N–C) groups is 2. The molecule has 1 atom stereocenters. The van der Waals surface area contributed by atoms with Gasteiger partial charge in [0.2, 0.25) is 5.91 Å². The number of amides is 1. The molecule has 2 saturated heterocycles. The van der Waals surface area contributed by atoms with E-state index in [1.807, 2.05) is 30.6 Å². The quantitative estimate of drug-likeness (QED) is 0.428. The lowest BCUT2D eigenvalue weighted by atomic mass is 9.71. The van der Waals surface area contributed by atoms with Crippen LogP contribution in [0.2, 0.25) is 0 Å². The predicted octanol–water partition coefficient (Wildman–Crippen LogP) is 4.88. The third-order valence-electron chi connectivity index (χ3n) is 8.67. The molecular formula is C30H36N6OS. The summed E-state index contributed by atoms with van der Waals surface area (Å²) in [6.45, 7) is 11.7. The first-order chi connectivity index (χ1) is 18.4. The maximum Gasteiger partial charge on any atom is 0.228 e. The summed E-state index contributed by atoms with van der Waals surface area (Å²) in [6.07, 6.45) is 11.0. The molecule has 6 rings (SSSR count). The Bertz CT molecular complexity index is 1410. The highest BCUT2D eigenvalue weighted by atomic mass is 32.1. The summed E-state index contributed by atoms with van der Waals surface area (Å²) in [7, 11) is 1.83. The second-order valence-corrected chi connectivity index (χ2v) is 12.5. The van der Waals surface area contributed by atoms with Gasteiger partial charge in [0.1, 0.15) is 0 Å². The Balaban J connectivity index is 1.04. The molecule has 2 aliphatic heterocycles. The number of likely N-dealkylation sites (tertiary alicyclic amines) is 2. The van der Waals surface area contributed by atoms with Gasteiger partial charge in [0, 0.05) is 62.2 Å². The summed E-state index contributed by atoms with van der Waals surface area (Å²) in [5.41, 5.74) is 7.15. The SMILES string of the molecule is C=N/C(C)=C\C(=NC)c1ccc2c(c1)CC[C@H]2N1CC2(CCN(C(=O)Cc3cn4cc(C)sc4n3)CC2)C1. The van der Waals surface area contributed by atoms with Gasteiger partial charge in [-0.1, -0.05) is 12.1 Å². The molecule has 2 fully saturated rings. The molecule has 1 amide bonds. The number of benzene rings is 1. The Hall–Kier alpha value is -3.10. The molecule has 0 N–H and O–H groups in total. The van der Waals surface area contributed by atoms with Crippen molar-refractivity contribution >= 4 is 34.6 Å². The number of rotatable bonds is 6. The van der Waals surface area contributed by atoms with Gasteiger partial charge < -0.3 is 4.90 Å². The molecule has 1 aliphatic carbocycles. The fourth-order valence-electron chi connectivity index (χ4n) is 6.55. The molecule has 0 radical (unpaired) electrons. The number of aromatic nitrogens is 2. The van der Waals surface area contributed by atoms with Crippen LogP contribution in [0.15, 0.2) is 52.4 Å². The van der Waals surface area contributed by atoms with Crippen molar-refractivity contribution in [1.82, 2.24) is 19.2 Å². The van der Waals surface area contributed by atoms with Gasteiger partial charge in [-0.2, -0.15) is 0 Å². The van der Waals surface area contributed by atoms with Gasteiger partial charge in [-0.25, -0.2) is 4.98 Å². The van der Waals surface area contributed by atoms with Crippen LogP contribution in [0.3, 0.4) is 0 Å². The van der Waals surface area contributed by atoms with Crippen molar-refractivity contribution in [2.24, 2.45) is 15.4 Å². The smallest absolute Gasteiger partial charge is 0.228 e. The molecule has 2 aromatic heterocycles. The number of fused-ring (bicyclic) bond motifs is 2. The van der Waals surface area contributed by atoms with Crippen LogP contribution in [0.1, 0.15) is 59.5 Å². The van der Waals surface area contributed by atoms with Gasteiger partial charge in [-0.3, -0.25) is 24.1 Å². The lowest BCUT2D eigenvalue weighted by Gasteiger charge is -2.56. The first kappa shape index (κ1) is 25.2. The van der Waals surface area contributed by atoms with Crippen LogP contribution < -0.4 is 0 Å². The minimum Gasteiger partial charge on any atom is -0.342 e. The van der Waals surface area contributed by atoms with E-state index in [2.05, 4.69) is 62.8 Å². The molecule has 38 heavy (non-hydrogen) atoms. The Kier molecular flexibility index (Phi) is 6.56. The first-order valence-corrected chi connectivity index (χ1v) is 14.4. The number of carbonyl (C=O) groups excluding carboxylic acids is 1. The molecule has 1 aromatic carbocycles. The highest BCUT2D eigenvalue weighted by molar-refractivity contribution is 7.16. The Morgan fingerprint density at radius 1 is 1.26 bits per heavy atom. The number of nitrogens with zero attached hydrogens (tertiary/aromatic N) is 6. The third kappa shape index (κ3) is 4.64. The van der Waals surface area contributed by atoms with E-state index in [9.17, 15) is 4.79 Å². The molecule has 3 aromatic rings. The second-order valence-electron chi connectivity index (χ2n) is 11.2. The van der Waals surface area contributed by atoms with Gasteiger partial charge in [-0.15, -0.1) is 11.3 Å². The van der Waals surface area contributed by atoms with E-state index in [1.54, 1.807) is 11.3 Å². The summed E-state index contributed by atoms with van der Waals surface area (Å²) < 4.78 is 2.04. The van der Waals surface area contributed by atoms with Gasteiger partial charge in [0.25, 0.3) is 0 Å². The lowest BCUT2D eigenvalue weighted by Crippen LogP contribution is -2.61. The molecule has 1 spiro atoms. The van der Waals surface area contributed by atoms with Crippen LogP contribution >= 0.6 is 11.3 Å². The lowest BCUT2D eigenvalue weighted by molar-refractivity contribution is -0.136. The predicted molar refractivity (Wildman–Crippen MR) is 155 cm³/mol. The molecular weight excluding hydrogens is 492 g/mol. The summed E-state index contributed by atoms with van der Waals surface area (Å²) >= 11 is 1.67. The number of allylic oxidation sites excluding steroid dienone is 2. The van der Waals surface area contributed by atoms with Gasteiger partial charge >= 0.3 is 0 Å². The van der Waals surface area contributed by atoms with E-state index >= 15 is 0 Å². The standard InChI is InChI=1S/C30H36N6OS/c1-20(31-3)13-26(32-4)23-5-7-25-22(14-23)6-8-27(25)36-18-30(19-36)9-11-34(12-10-30)28(37)15-24-17-35-16-21(2)38-29(35)33-24/h5,7,13-14,16-17,27H,3,6,8-12,15,18-19H2,1-2,4H3/b20-13-,32-26?/t27-/m1/s1. The number of thiazole rings is 1. The fourth-order valence-corrected chi connectivity index (χ4v) is 7.38. The molecule has 8 heteroatoms. The summed E-state index contributed by atoms with van der Waals surface area (Å²) in [5.74, 6) is 0.211. The third-order valence-corrected chi connectivity index (χ3v) is 9.58. The zero-order chi connectivity index (χ0) is 26.4. The zero-order valence-corrected chi connectivity index (χ0v) is 23.4. The Labute approximate surface area is 228 Å². The van der Waals surface area contributed by atoms with Gasteiger partial charge in [0.05, 0.1) is 17.8 Å². The number of hydrogen-bond acceptors (Lipinski definition) is 6. The summed E-state index contributed by atoms with van der Waals surface area (Å²) in [5, 5.41) is 0. The van der Waals surface area contributed by atoms with Crippen LogP contribution in [-0.4, -0.2) is 70.7 Å². The number of carbonyl (C=O) groups is 1. The van der Waals surface area contributed by atoms with Crippen molar-refractivity contribution in [1.29, 1.82) is 0 Å². The van der Waals surface area contributed by atoms with Crippen LogP contribution in [0.25, 0.3) is 4.96 Å². The van der Waals surface area contributed by atoms with E-state index < -0.39 is 0 Å². The molecule has 3 aliphatic rings. The van der Waals surface area contributed by atoms with E-state index in [4.69, 9.17) is 0 Å². The van der Waals surface area contributed by atoms with Crippen LogP contribution in [0.4, 0.5) is 0 Å². The van der Waals surface area contributed by atoms with E-state index in [0.29, 0.717) is 17.9 Å². The molecule has 0 bridgehead atoms. The van der Waals surface area contributed by atoms with E-state index in [-0.39, 0.29) is 5.91 Å². The van der Waals surface area contributed by atoms with Crippen molar-refractivity contribution < 1.29 is 4.79 Å². The topological polar surface area (TPSA) is 65.6 Å². The van der Waals surface area contributed by atoms with Crippen LogP contribution in [-0.2, 0) is 17.6 Å². The normalized spacial score (nSPS) is 21.7. The van der Waals surface area contributed by atoms with Crippen molar-refractivity contribution in [3.05, 3.63) is 69.6 Å². The summed E-state index contributed by atoms with van der Waals surface area (Å²) in [6, 6.07) is 7.34. The molecule has 0 saturated carbocycles. The van der Waals surface area contributed by atoms with Crippen molar-refractivity contribution in [2.75, 3.05) is 33.2 Å². The number of aryl methyl sites for hydroxylation is 2. The fraction of sp³-hybridized carbons (Fsp3) is 0.467. The average Bonchev–Trinajstić information content (AvgIpc) is 3.57. The second kappa shape index (κ2) is 9.89. The highest BCUT2D eigenvalue weighted by Crippen LogP contribution is 2.47. The molecule has 198 valence electrons. The van der Waals surface area contributed by atoms with Crippen molar-refractivity contribution in [2.45, 2.75) is 52.0 Å². The minimum absolute atomic E-state index is 0.211. The van der Waals surface area contributed by atoms with Crippen molar-refractivity contribution in [3.8, 4) is 0 Å².